The van der Waals surface area contributed by atoms with Gasteiger partial charge in [-0.15, -0.1) is 0 Å². The van der Waals surface area contributed by atoms with Crippen LogP contribution < -0.4 is 4.74 Å². The molecular formula is C15H17NO2S2. The van der Waals surface area contributed by atoms with Gasteiger partial charge in [-0.3, -0.25) is 9.69 Å². The van der Waals surface area contributed by atoms with Crippen LogP contribution in [0.15, 0.2) is 29.2 Å². The molecule has 106 valence electrons. The molecule has 1 aromatic rings. The maximum atomic E-state index is 12.1. The predicted octanol–water partition coefficient (Wildman–Crippen LogP) is 3.70. The van der Waals surface area contributed by atoms with Crippen LogP contribution in [0.3, 0.4) is 0 Å². The number of carbonyl (C=O) groups is 1. The molecule has 0 aromatic heterocycles. The van der Waals surface area contributed by atoms with Crippen LogP contribution in [0.5, 0.6) is 5.75 Å². The Morgan fingerprint density at radius 2 is 2.00 bits per heavy atom. The van der Waals surface area contributed by atoms with Crippen LogP contribution in [0.1, 0.15) is 25.8 Å². The quantitative estimate of drug-likeness (QED) is 0.613. The van der Waals surface area contributed by atoms with Crippen LogP contribution in [0.2, 0.25) is 0 Å². The van der Waals surface area contributed by atoms with E-state index in [1.807, 2.05) is 37.3 Å². The summed E-state index contributed by atoms with van der Waals surface area (Å²) >= 11 is 6.54. The number of hydrogen-bond acceptors (Lipinski definition) is 4. The number of carbonyl (C=O) groups excluding carboxylic acids is 1. The number of thioether (sulfide) groups is 1. The van der Waals surface area contributed by atoms with Gasteiger partial charge < -0.3 is 4.74 Å². The summed E-state index contributed by atoms with van der Waals surface area (Å²) in [5.74, 6) is 0.846. The molecule has 2 rings (SSSR count). The van der Waals surface area contributed by atoms with Gasteiger partial charge in [0.05, 0.1) is 11.5 Å². The molecule has 1 heterocycles. The van der Waals surface area contributed by atoms with E-state index in [2.05, 4.69) is 6.92 Å². The Kier molecular flexibility index (Phi) is 5.20. The molecule has 0 N–H and O–H groups in total. The summed E-state index contributed by atoms with van der Waals surface area (Å²) in [5, 5.41) is 0. The van der Waals surface area contributed by atoms with Crippen LogP contribution in [0, 0.1) is 0 Å². The Morgan fingerprint density at radius 3 is 2.55 bits per heavy atom. The monoisotopic (exact) mass is 307 g/mol. The van der Waals surface area contributed by atoms with E-state index in [1.165, 1.54) is 11.8 Å². The summed E-state index contributed by atoms with van der Waals surface area (Å²) in [4.78, 5) is 14.4. The van der Waals surface area contributed by atoms with Gasteiger partial charge >= 0.3 is 0 Å². The highest BCUT2D eigenvalue weighted by molar-refractivity contribution is 8.26. The fourth-order valence-electron chi connectivity index (χ4n) is 1.80. The molecule has 0 spiro atoms. The van der Waals surface area contributed by atoms with Gasteiger partial charge in [0.15, 0.2) is 0 Å². The van der Waals surface area contributed by atoms with E-state index in [1.54, 1.807) is 4.90 Å². The maximum Gasteiger partial charge on any atom is 0.266 e. The Bertz CT molecular complexity index is 537. The normalized spacial score (nSPS) is 17.1. The van der Waals surface area contributed by atoms with Gasteiger partial charge in [0, 0.05) is 6.54 Å². The molecule has 1 amide bonds. The highest BCUT2D eigenvalue weighted by Gasteiger charge is 2.30. The molecule has 1 aliphatic heterocycles. The molecule has 0 atom stereocenters. The minimum atomic E-state index is -0.00573. The van der Waals surface area contributed by atoms with Gasteiger partial charge in [0.2, 0.25) is 0 Å². The fourth-order valence-corrected chi connectivity index (χ4v) is 3.19. The molecule has 5 heteroatoms. The third-order valence-corrected chi connectivity index (χ3v) is 4.22. The highest BCUT2D eigenvalue weighted by Crippen LogP contribution is 2.32. The minimum Gasteiger partial charge on any atom is -0.494 e. The summed E-state index contributed by atoms with van der Waals surface area (Å²) in [5.41, 5.74) is 0.977. The summed E-state index contributed by atoms with van der Waals surface area (Å²) in [6.45, 7) is 5.33. The van der Waals surface area contributed by atoms with Crippen LogP contribution in [0.25, 0.3) is 6.08 Å². The van der Waals surface area contributed by atoms with Gasteiger partial charge in [0.1, 0.15) is 10.1 Å². The molecule has 1 saturated heterocycles. The molecule has 20 heavy (non-hydrogen) atoms. The SMILES string of the molecule is CCCOc1ccc(/C=C2/SC(=S)N(CC)C2=O)cc1. The first-order valence-corrected chi connectivity index (χ1v) is 7.86. The van der Waals surface area contributed by atoms with Gasteiger partial charge in [-0.2, -0.15) is 0 Å². The van der Waals surface area contributed by atoms with Crippen molar-refractivity contribution in [3.63, 3.8) is 0 Å². The number of hydrogen-bond donors (Lipinski definition) is 0. The van der Waals surface area contributed by atoms with Crippen molar-refractivity contribution in [2.45, 2.75) is 20.3 Å². The lowest BCUT2D eigenvalue weighted by Crippen LogP contribution is -2.27. The summed E-state index contributed by atoms with van der Waals surface area (Å²) in [6, 6.07) is 7.73. The van der Waals surface area contributed by atoms with Crippen LogP contribution in [0.4, 0.5) is 0 Å². The molecule has 0 saturated carbocycles. The maximum absolute atomic E-state index is 12.1. The van der Waals surface area contributed by atoms with E-state index in [4.69, 9.17) is 17.0 Å². The number of thiocarbonyl (C=S) groups is 1. The molecule has 0 radical (unpaired) electrons. The van der Waals surface area contributed by atoms with Crippen molar-refractivity contribution in [3.8, 4) is 5.75 Å². The zero-order valence-corrected chi connectivity index (χ0v) is 13.2. The van der Waals surface area contributed by atoms with Gasteiger partial charge in [-0.1, -0.05) is 43.0 Å². The molecule has 1 aliphatic rings. The second-order valence-corrected chi connectivity index (χ2v) is 6.02. The second-order valence-electron chi connectivity index (χ2n) is 4.34. The Balaban J connectivity index is 2.11. The first kappa shape index (κ1) is 15.1. The van der Waals surface area contributed by atoms with E-state index in [-0.39, 0.29) is 5.91 Å². The summed E-state index contributed by atoms with van der Waals surface area (Å²) < 4.78 is 6.16. The standard InChI is InChI=1S/C15H17NO2S2/c1-3-9-18-12-7-5-11(6-8-12)10-13-14(17)16(4-2)15(19)20-13/h5-8,10H,3-4,9H2,1-2H3/b13-10+. The minimum absolute atomic E-state index is 0.00573. The van der Waals surface area contributed by atoms with Gasteiger partial charge in [0.25, 0.3) is 5.91 Å². The summed E-state index contributed by atoms with van der Waals surface area (Å²) in [7, 11) is 0. The van der Waals surface area contributed by atoms with Crippen LogP contribution >= 0.6 is 24.0 Å². The average molecular weight is 307 g/mol. The van der Waals surface area contributed by atoms with Crippen molar-refractivity contribution in [2.75, 3.05) is 13.2 Å². The zero-order valence-electron chi connectivity index (χ0n) is 11.6. The Labute approximate surface area is 129 Å². The van der Waals surface area contributed by atoms with Gasteiger partial charge in [-0.25, -0.2) is 0 Å². The third-order valence-electron chi connectivity index (χ3n) is 2.84. The van der Waals surface area contributed by atoms with Crippen LogP contribution in [-0.2, 0) is 4.79 Å². The topological polar surface area (TPSA) is 29.5 Å². The first-order valence-electron chi connectivity index (χ1n) is 6.64. The molecule has 0 aliphatic carbocycles. The number of amides is 1. The molecular weight excluding hydrogens is 290 g/mol. The Morgan fingerprint density at radius 1 is 1.30 bits per heavy atom. The Hall–Kier alpha value is -1.33. The molecule has 3 nitrogen and oxygen atoms in total. The van der Waals surface area contributed by atoms with Crippen molar-refractivity contribution in [3.05, 3.63) is 34.7 Å². The largest absolute Gasteiger partial charge is 0.494 e. The molecule has 0 unspecified atom stereocenters. The molecule has 0 bridgehead atoms. The number of benzene rings is 1. The smallest absolute Gasteiger partial charge is 0.266 e. The van der Waals surface area contributed by atoms with Crippen molar-refractivity contribution in [2.24, 2.45) is 0 Å². The van der Waals surface area contributed by atoms with E-state index in [0.717, 1.165) is 17.7 Å². The number of likely N-dealkylation sites (N-methyl/N-ethyl adjacent to an activating group) is 1. The lowest BCUT2D eigenvalue weighted by atomic mass is 10.2. The van der Waals surface area contributed by atoms with Gasteiger partial charge in [-0.05, 0) is 37.1 Å². The molecule has 1 fully saturated rings. The van der Waals surface area contributed by atoms with Crippen molar-refractivity contribution < 1.29 is 9.53 Å². The van der Waals surface area contributed by atoms with E-state index >= 15 is 0 Å². The lowest BCUT2D eigenvalue weighted by molar-refractivity contribution is -0.121. The number of ether oxygens (including phenoxy) is 1. The predicted molar refractivity (Wildman–Crippen MR) is 87.8 cm³/mol. The molecule has 1 aromatic carbocycles. The van der Waals surface area contributed by atoms with Crippen LogP contribution in [-0.4, -0.2) is 28.3 Å². The average Bonchev–Trinajstić information content (AvgIpc) is 2.72. The van der Waals surface area contributed by atoms with E-state index in [0.29, 0.717) is 22.4 Å². The van der Waals surface area contributed by atoms with Crippen molar-refractivity contribution in [1.82, 2.24) is 4.90 Å². The highest BCUT2D eigenvalue weighted by atomic mass is 32.2. The third kappa shape index (κ3) is 3.41. The van der Waals surface area contributed by atoms with E-state index < -0.39 is 0 Å². The summed E-state index contributed by atoms with van der Waals surface area (Å²) in [6.07, 6.45) is 2.86. The first-order chi connectivity index (χ1) is 9.65. The lowest BCUT2D eigenvalue weighted by Gasteiger charge is -2.09. The fraction of sp³-hybridized carbons (Fsp3) is 0.333. The zero-order chi connectivity index (χ0) is 14.5. The van der Waals surface area contributed by atoms with E-state index in [9.17, 15) is 4.79 Å². The number of nitrogens with zero attached hydrogens (tertiary/aromatic N) is 1. The second kappa shape index (κ2) is 6.90. The number of rotatable bonds is 5. The van der Waals surface area contributed by atoms with Crippen molar-refractivity contribution >= 4 is 40.3 Å². The van der Waals surface area contributed by atoms with Crippen molar-refractivity contribution in [1.29, 1.82) is 0 Å².